The fraction of sp³-hybridized carbons (Fsp3) is 0.318. The highest BCUT2D eigenvalue weighted by Crippen LogP contribution is 2.35. The Hall–Kier alpha value is -3.36. The molecule has 0 bridgehead atoms. The van der Waals surface area contributed by atoms with Gasteiger partial charge in [-0.15, -0.1) is 0 Å². The summed E-state index contributed by atoms with van der Waals surface area (Å²) in [6.45, 7) is 0.422. The van der Waals surface area contributed by atoms with Gasteiger partial charge < -0.3 is 10.2 Å². The highest BCUT2D eigenvalue weighted by atomic mass is 19.1. The van der Waals surface area contributed by atoms with E-state index in [4.69, 9.17) is 0 Å². The van der Waals surface area contributed by atoms with Crippen molar-refractivity contribution < 1.29 is 27.6 Å². The van der Waals surface area contributed by atoms with Crippen LogP contribution in [-0.4, -0.2) is 41.4 Å². The van der Waals surface area contributed by atoms with E-state index >= 15 is 0 Å². The number of urea groups is 1. The molecular formula is C22H20F3N3O3. The van der Waals surface area contributed by atoms with Crippen LogP contribution in [0, 0.1) is 23.4 Å². The summed E-state index contributed by atoms with van der Waals surface area (Å²) < 4.78 is 41.4. The van der Waals surface area contributed by atoms with Gasteiger partial charge in [0.25, 0.3) is 11.8 Å². The van der Waals surface area contributed by atoms with Gasteiger partial charge in [0.05, 0.1) is 5.56 Å². The number of likely N-dealkylation sites (tertiary alicyclic amines) is 1. The standard InChI is InChI=1S/C22H20F3N3O3/c23-15-5-6-16(18(25)11-15)19(29)28-9-7-14(8-10-28)22(20(30)26-21(31)27-22)12-13-3-1-2-4-17(13)24/h1-6,11,14H,7-10,12H2,(H2,26,27,30,31). The zero-order valence-corrected chi connectivity index (χ0v) is 16.5. The molecule has 1 unspecified atom stereocenters. The molecule has 6 nitrogen and oxygen atoms in total. The van der Waals surface area contributed by atoms with Gasteiger partial charge in [0, 0.05) is 25.6 Å². The summed E-state index contributed by atoms with van der Waals surface area (Å²) in [7, 11) is 0. The van der Waals surface area contributed by atoms with Gasteiger partial charge in [-0.05, 0) is 42.5 Å². The summed E-state index contributed by atoms with van der Waals surface area (Å²) in [5.74, 6) is -3.65. The number of rotatable bonds is 4. The van der Waals surface area contributed by atoms with Gasteiger partial charge in [-0.2, -0.15) is 0 Å². The Morgan fingerprint density at radius 2 is 1.74 bits per heavy atom. The molecule has 0 radical (unpaired) electrons. The molecule has 2 saturated heterocycles. The van der Waals surface area contributed by atoms with Gasteiger partial charge in [0.1, 0.15) is 23.0 Å². The minimum Gasteiger partial charge on any atom is -0.339 e. The summed E-state index contributed by atoms with van der Waals surface area (Å²) in [5, 5.41) is 4.92. The van der Waals surface area contributed by atoms with Crippen LogP contribution in [-0.2, 0) is 11.2 Å². The number of amides is 4. The van der Waals surface area contributed by atoms with Crippen molar-refractivity contribution in [2.45, 2.75) is 24.8 Å². The molecule has 2 N–H and O–H groups in total. The van der Waals surface area contributed by atoms with Crippen molar-refractivity contribution in [3.8, 4) is 0 Å². The van der Waals surface area contributed by atoms with Crippen molar-refractivity contribution in [2.24, 2.45) is 5.92 Å². The predicted molar refractivity (Wildman–Crippen MR) is 104 cm³/mol. The molecule has 4 amide bonds. The molecule has 2 aromatic rings. The number of piperidine rings is 1. The fourth-order valence-corrected chi connectivity index (χ4v) is 4.41. The van der Waals surface area contributed by atoms with E-state index in [-0.39, 0.29) is 31.0 Å². The maximum atomic E-state index is 14.3. The number of nitrogens with zero attached hydrogens (tertiary/aromatic N) is 1. The Morgan fingerprint density at radius 3 is 2.35 bits per heavy atom. The SMILES string of the molecule is O=C1NC(=O)C(Cc2ccccc2F)(C2CCN(C(=O)c3ccc(F)cc3F)CC2)N1. The molecule has 0 aromatic heterocycles. The molecule has 1 atom stereocenters. The third-order valence-corrected chi connectivity index (χ3v) is 6.04. The first-order valence-corrected chi connectivity index (χ1v) is 9.91. The quantitative estimate of drug-likeness (QED) is 0.731. The zero-order chi connectivity index (χ0) is 22.2. The Labute approximate surface area is 176 Å². The maximum absolute atomic E-state index is 14.3. The van der Waals surface area contributed by atoms with Crippen molar-refractivity contribution >= 4 is 17.8 Å². The van der Waals surface area contributed by atoms with Crippen LogP contribution in [0.2, 0.25) is 0 Å². The highest BCUT2D eigenvalue weighted by Gasteiger charge is 2.52. The molecule has 2 aromatic carbocycles. The zero-order valence-electron chi connectivity index (χ0n) is 16.5. The second-order valence-electron chi connectivity index (χ2n) is 7.84. The Morgan fingerprint density at radius 1 is 1.03 bits per heavy atom. The Balaban J connectivity index is 1.53. The van der Waals surface area contributed by atoms with Crippen molar-refractivity contribution in [3.63, 3.8) is 0 Å². The van der Waals surface area contributed by atoms with E-state index in [1.807, 2.05) is 0 Å². The van der Waals surface area contributed by atoms with Crippen molar-refractivity contribution in [1.29, 1.82) is 0 Å². The molecule has 4 rings (SSSR count). The Kier molecular flexibility index (Phi) is 5.43. The molecule has 2 aliphatic rings. The van der Waals surface area contributed by atoms with Crippen LogP contribution in [0.3, 0.4) is 0 Å². The average Bonchev–Trinajstić information content (AvgIpc) is 3.03. The third kappa shape index (κ3) is 3.87. The molecule has 9 heteroatoms. The number of carbonyl (C=O) groups excluding carboxylic acids is 3. The van der Waals surface area contributed by atoms with Crippen LogP contribution >= 0.6 is 0 Å². The summed E-state index contributed by atoms with van der Waals surface area (Å²) >= 11 is 0. The number of halogens is 3. The van der Waals surface area contributed by atoms with Crippen LogP contribution in [0.1, 0.15) is 28.8 Å². The summed E-state index contributed by atoms with van der Waals surface area (Å²) in [6.07, 6.45) is 0.663. The molecule has 162 valence electrons. The van der Waals surface area contributed by atoms with E-state index < -0.39 is 40.8 Å². The minimum absolute atomic E-state index is 0.0253. The lowest BCUT2D eigenvalue weighted by Crippen LogP contribution is -2.58. The van der Waals surface area contributed by atoms with Gasteiger partial charge in [-0.3, -0.25) is 14.9 Å². The normalized spacial score (nSPS) is 21.7. The van der Waals surface area contributed by atoms with Gasteiger partial charge in [0.15, 0.2) is 0 Å². The van der Waals surface area contributed by atoms with Crippen LogP contribution in [0.5, 0.6) is 0 Å². The topological polar surface area (TPSA) is 78.5 Å². The van der Waals surface area contributed by atoms with Gasteiger partial charge in [-0.25, -0.2) is 18.0 Å². The largest absolute Gasteiger partial charge is 0.339 e. The third-order valence-electron chi connectivity index (χ3n) is 6.04. The monoisotopic (exact) mass is 431 g/mol. The lowest BCUT2D eigenvalue weighted by Gasteiger charge is -2.40. The second kappa shape index (κ2) is 8.05. The second-order valence-corrected chi connectivity index (χ2v) is 7.84. The smallest absolute Gasteiger partial charge is 0.322 e. The van der Waals surface area contributed by atoms with Crippen LogP contribution in [0.25, 0.3) is 0 Å². The van der Waals surface area contributed by atoms with Gasteiger partial charge in [-0.1, -0.05) is 18.2 Å². The van der Waals surface area contributed by atoms with E-state index in [2.05, 4.69) is 10.6 Å². The summed E-state index contributed by atoms with van der Waals surface area (Å²) in [4.78, 5) is 38.8. The highest BCUT2D eigenvalue weighted by molar-refractivity contribution is 6.07. The molecule has 0 saturated carbocycles. The number of nitrogens with one attached hydrogen (secondary N) is 2. The molecule has 0 aliphatic carbocycles. The van der Waals surface area contributed by atoms with Crippen LogP contribution in [0.15, 0.2) is 42.5 Å². The summed E-state index contributed by atoms with van der Waals surface area (Å²) in [6, 6.07) is 8.17. The number of imide groups is 1. The van der Waals surface area contributed by atoms with Crippen LogP contribution in [0.4, 0.5) is 18.0 Å². The molecule has 0 spiro atoms. The summed E-state index contributed by atoms with van der Waals surface area (Å²) in [5.41, 5.74) is -1.27. The molecule has 2 fully saturated rings. The number of benzene rings is 2. The lowest BCUT2D eigenvalue weighted by atomic mass is 9.74. The van der Waals surface area contributed by atoms with E-state index in [0.29, 0.717) is 24.5 Å². The van der Waals surface area contributed by atoms with E-state index in [1.54, 1.807) is 12.1 Å². The fourth-order valence-electron chi connectivity index (χ4n) is 4.41. The predicted octanol–water partition coefficient (Wildman–Crippen LogP) is 2.78. The van der Waals surface area contributed by atoms with Crippen LogP contribution < -0.4 is 10.6 Å². The number of hydrogen-bond donors (Lipinski definition) is 2. The van der Waals surface area contributed by atoms with Gasteiger partial charge in [0.2, 0.25) is 0 Å². The van der Waals surface area contributed by atoms with Gasteiger partial charge >= 0.3 is 6.03 Å². The number of carbonyl (C=O) groups is 3. The molecule has 2 aliphatic heterocycles. The minimum atomic E-state index is -1.34. The molecule has 2 heterocycles. The van der Waals surface area contributed by atoms with Crippen molar-refractivity contribution in [1.82, 2.24) is 15.5 Å². The van der Waals surface area contributed by atoms with E-state index in [1.165, 1.54) is 17.0 Å². The van der Waals surface area contributed by atoms with E-state index in [0.717, 1.165) is 12.1 Å². The first-order valence-electron chi connectivity index (χ1n) is 9.91. The number of hydrogen-bond acceptors (Lipinski definition) is 3. The first kappa shape index (κ1) is 20.9. The molecular weight excluding hydrogens is 411 g/mol. The Bertz CT molecular complexity index is 1050. The lowest BCUT2D eigenvalue weighted by molar-refractivity contribution is -0.126. The average molecular weight is 431 g/mol. The molecule has 31 heavy (non-hydrogen) atoms. The van der Waals surface area contributed by atoms with Crippen molar-refractivity contribution in [3.05, 3.63) is 71.0 Å². The first-order chi connectivity index (χ1) is 14.8. The van der Waals surface area contributed by atoms with E-state index in [9.17, 15) is 27.6 Å². The maximum Gasteiger partial charge on any atom is 0.322 e. The van der Waals surface area contributed by atoms with Crippen molar-refractivity contribution in [2.75, 3.05) is 13.1 Å².